The molecule has 3 nitrogen and oxygen atoms in total. The Morgan fingerprint density at radius 2 is 1.68 bits per heavy atom. The van der Waals surface area contributed by atoms with Gasteiger partial charge in [-0.05, 0) is 35.9 Å². The van der Waals surface area contributed by atoms with Crippen LogP contribution in [0.25, 0.3) is 0 Å². The second kappa shape index (κ2) is 5.39. The number of hydrogen-bond acceptors (Lipinski definition) is 2. The largest absolute Gasteiger partial charge is 0.431 e. The number of carbonyl (C=O) groups excluding carboxylic acids is 1. The summed E-state index contributed by atoms with van der Waals surface area (Å²) in [6.45, 7) is 0.145. The van der Waals surface area contributed by atoms with E-state index in [9.17, 15) is 18.0 Å². The topological polar surface area (TPSA) is 23.6 Å². The Hall–Kier alpha value is -2.21. The molecule has 0 N–H and O–H groups in total. The van der Waals surface area contributed by atoms with Crippen LogP contribution >= 0.6 is 11.6 Å². The summed E-state index contributed by atoms with van der Waals surface area (Å²) in [4.78, 5) is 15.0. The van der Waals surface area contributed by atoms with Crippen LogP contribution in [0.2, 0.25) is 5.02 Å². The van der Waals surface area contributed by atoms with E-state index in [1.165, 1.54) is 23.1 Å². The fourth-order valence-electron chi connectivity index (χ4n) is 3.86. The molecule has 4 rings (SSSR count). The van der Waals surface area contributed by atoms with Crippen molar-refractivity contribution in [3.63, 3.8) is 0 Å². The van der Waals surface area contributed by atoms with Crippen molar-refractivity contribution in [1.29, 1.82) is 0 Å². The highest BCUT2D eigenvalue weighted by atomic mass is 35.5. The van der Waals surface area contributed by atoms with Crippen LogP contribution < -0.4 is 4.90 Å². The van der Waals surface area contributed by atoms with Crippen molar-refractivity contribution in [2.75, 3.05) is 18.0 Å². The predicted molar refractivity (Wildman–Crippen MR) is 88.8 cm³/mol. The zero-order valence-electron chi connectivity index (χ0n) is 13.1. The summed E-state index contributed by atoms with van der Waals surface area (Å²) in [7, 11) is 0. The Balaban J connectivity index is 1.92. The van der Waals surface area contributed by atoms with Crippen LogP contribution in [0.5, 0.6) is 0 Å². The Labute approximate surface area is 147 Å². The lowest BCUT2D eigenvalue weighted by Gasteiger charge is -2.48. The Bertz CT molecular complexity index is 840. The number of benzene rings is 2. The average molecular weight is 367 g/mol. The molecule has 1 unspecified atom stereocenters. The van der Waals surface area contributed by atoms with E-state index in [1.54, 1.807) is 30.3 Å². The number of halogens is 4. The molecule has 1 fully saturated rings. The SMILES string of the molecule is O=C1c2ccc(Cl)cc2CC2(C(F)(F)F)N1CCN2c1ccccc1. The van der Waals surface area contributed by atoms with E-state index in [1.807, 2.05) is 0 Å². The number of carbonyl (C=O) groups is 1. The molecule has 2 aromatic rings. The smallest absolute Gasteiger partial charge is 0.339 e. The van der Waals surface area contributed by atoms with Gasteiger partial charge in [0.05, 0.1) is 0 Å². The van der Waals surface area contributed by atoms with Crippen LogP contribution in [-0.2, 0) is 6.42 Å². The zero-order chi connectivity index (χ0) is 17.8. The molecule has 0 aromatic heterocycles. The van der Waals surface area contributed by atoms with E-state index < -0.39 is 17.7 Å². The third kappa shape index (κ3) is 2.24. The fourth-order valence-corrected chi connectivity index (χ4v) is 4.06. The maximum absolute atomic E-state index is 14.3. The van der Waals surface area contributed by atoms with Crippen LogP contribution in [0, 0.1) is 0 Å². The summed E-state index contributed by atoms with van der Waals surface area (Å²) in [5.41, 5.74) is -1.32. The van der Waals surface area contributed by atoms with Crippen molar-refractivity contribution in [1.82, 2.24) is 4.90 Å². The fraction of sp³-hybridized carbons (Fsp3) is 0.278. The van der Waals surface area contributed by atoms with Crippen molar-refractivity contribution in [2.24, 2.45) is 0 Å². The van der Waals surface area contributed by atoms with E-state index in [2.05, 4.69) is 0 Å². The highest BCUT2D eigenvalue weighted by Crippen LogP contribution is 2.49. The minimum absolute atomic E-state index is 0.0231. The third-order valence-electron chi connectivity index (χ3n) is 4.94. The highest BCUT2D eigenvalue weighted by Gasteiger charge is 2.68. The molecule has 2 heterocycles. The Morgan fingerprint density at radius 3 is 2.36 bits per heavy atom. The molecule has 2 aromatic carbocycles. The summed E-state index contributed by atoms with van der Waals surface area (Å²) < 4.78 is 43.0. The summed E-state index contributed by atoms with van der Waals surface area (Å²) in [6.07, 6.45) is -4.96. The summed E-state index contributed by atoms with van der Waals surface area (Å²) in [6, 6.07) is 12.9. The lowest BCUT2D eigenvalue weighted by atomic mass is 9.87. The normalized spacial score (nSPS) is 22.8. The molecule has 0 bridgehead atoms. The van der Waals surface area contributed by atoms with Gasteiger partial charge >= 0.3 is 6.18 Å². The van der Waals surface area contributed by atoms with Crippen molar-refractivity contribution < 1.29 is 18.0 Å². The number of rotatable bonds is 1. The first-order valence-electron chi connectivity index (χ1n) is 7.84. The second-order valence-electron chi connectivity index (χ2n) is 6.24. The minimum Gasteiger partial charge on any atom is -0.339 e. The molecule has 1 amide bonds. The molecular weight excluding hydrogens is 353 g/mol. The van der Waals surface area contributed by atoms with Gasteiger partial charge in [-0.2, -0.15) is 13.2 Å². The molecule has 0 saturated carbocycles. The van der Waals surface area contributed by atoms with Gasteiger partial charge in [-0.25, -0.2) is 0 Å². The first-order valence-corrected chi connectivity index (χ1v) is 8.22. The maximum atomic E-state index is 14.3. The lowest BCUT2D eigenvalue weighted by molar-refractivity contribution is -0.215. The molecule has 0 radical (unpaired) electrons. The highest BCUT2D eigenvalue weighted by molar-refractivity contribution is 6.30. The maximum Gasteiger partial charge on any atom is 0.431 e. The van der Waals surface area contributed by atoms with Gasteiger partial charge in [0.15, 0.2) is 0 Å². The Morgan fingerprint density at radius 1 is 1.00 bits per heavy atom. The number of para-hydroxylation sites is 1. The standard InChI is InChI=1S/C18H14ClF3N2O/c19-13-6-7-15-12(10-13)11-17(18(20,21)22)23(8-9-24(17)16(15)25)14-4-2-1-3-5-14/h1-7,10H,8-9,11H2. The molecule has 7 heteroatoms. The van der Waals surface area contributed by atoms with Crippen LogP contribution in [0.1, 0.15) is 15.9 Å². The van der Waals surface area contributed by atoms with E-state index >= 15 is 0 Å². The molecule has 2 aliphatic rings. The lowest BCUT2D eigenvalue weighted by Crippen LogP contribution is -2.68. The number of alkyl halides is 3. The zero-order valence-corrected chi connectivity index (χ0v) is 13.8. The van der Waals surface area contributed by atoms with Gasteiger partial charge in [-0.1, -0.05) is 29.8 Å². The predicted octanol–water partition coefficient (Wildman–Crippen LogP) is 4.12. The number of hydrogen-bond donors (Lipinski definition) is 0. The summed E-state index contributed by atoms with van der Waals surface area (Å²) in [5.74, 6) is -0.603. The summed E-state index contributed by atoms with van der Waals surface area (Å²) in [5, 5.41) is 0.321. The average Bonchev–Trinajstić information content (AvgIpc) is 2.96. The minimum atomic E-state index is -4.62. The van der Waals surface area contributed by atoms with Gasteiger partial charge in [-0.15, -0.1) is 0 Å². The number of anilines is 1. The van der Waals surface area contributed by atoms with Gasteiger partial charge in [0, 0.05) is 35.8 Å². The molecule has 0 spiro atoms. The molecule has 2 aliphatic heterocycles. The molecular formula is C18H14ClF3N2O. The van der Waals surface area contributed by atoms with Gasteiger partial charge in [0.1, 0.15) is 0 Å². The monoisotopic (exact) mass is 366 g/mol. The first-order chi connectivity index (χ1) is 11.8. The van der Waals surface area contributed by atoms with Crippen LogP contribution in [0.3, 0.4) is 0 Å². The van der Waals surface area contributed by atoms with Gasteiger partial charge in [0.25, 0.3) is 5.91 Å². The van der Waals surface area contributed by atoms with E-state index in [-0.39, 0.29) is 19.5 Å². The number of fused-ring (bicyclic) bond motifs is 2. The third-order valence-corrected chi connectivity index (χ3v) is 5.18. The van der Waals surface area contributed by atoms with Crippen LogP contribution in [0.15, 0.2) is 48.5 Å². The molecule has 130 valence electrons. The van der Waals surface area contributed by atoms with Crippen molar-refractivity contribution in [3.8, 4) is 0 Å². The van der Waals surface area contributed by atoms with Crippen LogP contribution in [-0.4, -0.2) is 35.7 Å². The van der Waals surface area contributed by atoms with Crippen molar-refractivity contribution in [2.45, 2.75) is 18.3 Å². The second-order valence-corrected chi connectivity index (χ2v) is 6.67. The Kier molecular flexibility index (Phi) is 3.51. The van der Waals surface area contributed by atoms with Crippen molar-refractivity contribution in [3.05, 3.63) is 64.7 Å². The molecule has 25 heavy (non-hydrogen) atoms. The number of nitrogens with zero attached hydrogens (tertiary/aromatic N) is 2. The van der Waals surface area contributed by atoms with Crippen LogP contribution in [0.4, 0.5) is 18.9 Å². The van der Waals surface area contributed by atoms with E-state index in [4.69, 9.17) is 11.6 Å². The quantitative estimate of drug-likeness (QED) is 0.758. The molecule has 1 saturated heterocycles. The molecule has 0 aliphatic carbocycles. The molecule has 1 atom stereocenters. The van der Waals surface area contributed by atoms with Gasteiger partial charge in [0.2, 0.25) is 5.66 Å². The number of amides is 1. The van der Waals surface area contributed by atoms with Gasteiger partial charge < -0.3 is 9.80 Å². The van der Waals surface area contributed by atoms with E-state index in [0.717, 1.165) is 4.90 Å². The van der Waals surface area contributed by atoms with Crippen molar-refractivity contribution >= 4 is 23.2 Å². The van der Waals surface area contributed by atoms with E-state index in [0.29, 0.717) is 21.8 Å². The first kappa shape index (κ1) is 16.3. The summed E-state index contributed by atoms with van der Waals surface area (Å²) >= 11 is 5.96. The van der Waals surface area contributed by atoms with Gasteiger partial charge in [-0.3, -0.25) is 4.79 Å².